The Morgan fingerprint density at radius 2 is 2.21 bits per heavy atom. The van der Waals surface area contributed by atoms with E-state index in [0.717, 1.165) is 6.42 Å². The molecule has 1 aliphatic rings. The molecule has 1 aromatic rings. The number of rotatable bonds is 3. The maximum absolute atomic E-state index is 13.6. The van der Waals surface area contributed by atoms with E-state index in [0.29, 0.717) is 24.8 Å². The van der Waals surface area contributed by atoms with Gasteiger partial charge in [0.05, 0.1) is 9.40 Å². The van der Waals surface area contributed by atoms with Crippen LogP contribution in [0.5, 0.6) is 0 Å². The fraction of sp³-hybridized carbons (Fsp3) is 0.500. The van der Waals surface area contributed by atoms with Crippen LogP contribution in [-0.2, 0) is 0 Å². The zero-order chi connectivity index (χ0) is 14.2. The van der Waals surface area contributed by atoms with Gasteiger partial charge in [-0.2, -0.15) is 0 Å². The molecule has 0 N–H and O–H groups in total. The number of benzene rings is 1. The quantitative estimate of drug-likeness (QED) is 0.631. The van der Waals surface area contributed by atoms with Gasteiger partial charge in [0.1, 0.15) is 11.5 Å². The summed E-state index contributed by atoms with van der Waals surface area (Å²) in [5.41, 5.74) is 0.294. The van der Waals surface area contributed by atoms with Gasteiger partial charge < -0.3 is 9.80 Å². The maximum atomic E-state index is 13.6. The van der Waals surface area contributed by atoms with E-state index in [-0.39, 0.29) is 10.2 Å². The monoisotopic (exact) mass is 331 g/mol. The van der Waals surface area contributed by atoms with Gasteiger partial charge in [-0.05, 0) is 36.4 Å². The van der Waals surface area contributed by atoms with Crippen LogP contribution in [-0.4, -0.2) is 43.0 Å². The van der Waals surface area contributed by atoms with Crippen LogP contribution in [0.4, 0.5) is 15.8 Å². The fourth-order valence-corrected chi connectivity index (χ4v) is 2.64. The lowest BCUT2D eigenvalue weighted by molar-refractivity contribution is -0.384. The van der Waals surface area contributed by atoms with Gasteiger partial charge >= 0.3 is 0 Å². The fourth-order valence-electron chi connectivity index (χ4n) is 2.31. The number of nitro benzene ring substituents is 1. The van der Waals surface area contributed by atoms with E-state index >= 15 is 0 Å². The summed E-state index contributed by atoms with van der Waals surface area (Å²) in [5, 5.41) is 11.1. The number of anilines is 1. The van der Waals surface area contributed by atoms with E-state index in [9.17, 15) is 14.5 Å². The smallest absolute Gasteiger partial charge is 0.293 e. The number of hydrogen-bond acceptors (Lipinski definition) is 4. The predicted molar refractivity (Wildman–Crippen MR) is 75.1 cm³/mol. The molecule has 0 aromatic heterocycles. The Bertz CT molecular complexity index is 510. The van der Waals surface area contributed by atoms with Crippen molar-refractivity contribution in [2.24, 2.45) is 0 Å². The molecule has 1 aromatic carbocycles. The zero-order valence-corrected chi connectivity index (χ0v) is 12.4. The Labute approximate surface area is 119 Å². The summed E-state index contributed by atoms with van der Waals surface area (Å²) in [6.07, 6.45) is 0.918. The second kappa shape index (κ2) is 5.42. The average Bonchev–Trinajstić information content (AvgIpc) is 2.81. The molecule has 1 atom stereocenters. The van der Waals surface area contributed by atoms with Crippen molar-refractivity contribution < 1.29 is 9.31 Å². The highest BCUT2D eigenvalue weighted by Crippen LogP contribution is 2.35. The molecule has 0 amide bonds. The second-order valence-electron chi connectivity index (χ2n) is 4.86. The SMILES string of the molecule is CN(C)C1CCN(c2cc(F)c(Br)cc2[N+](=O)[O-])C1. The van der Waals surface area contributed by atoms with Crippen LogP contribution < -0.4 is 4.90 Å². The van der Waals surface area contributed by atoms with E-state index in [2.05, 4.69) is 20.8 Å². The Morgan fingerprint density at radius 1 is 1.53 bits per heavy atom. The molecule has 5 nitrogen and oxygen atoms in total. The van der Waals surface area contributed by atoms with Crippen LogP contribution in [0, 0.1) is 15.9 Å². The van der Waals surface area contributed by atoms with Crippen molar-refractivity contribution in [2.45, 2.75) is 12.5 Å². The highest BCUT2D eigenvalue weighted by Gasteiger charge is 2.29. The van der Waals surface area contributed by atoms with Gasteiger partial charge in [-0.1, -0.05) is 0 Å². The molecule has 1 unspecified atom stereocenters. The van der Waals surface area contributed by atoms with Crippen LogP contribution >= 0.6 is 15.9 Å². The third kappa shape index (κ3) is 2.87. The van der Waals surface area contributed by atoms with Crippen LogP contribution in [0.1, 0.15) is 6.42 Å². The minimum Gasteiger partial charge on any atom is -0.364 e. The molecule has 0 aliphatic carbocycles. The number of halogens is 2. The van der Waals surface area contributed by atoms with E-state index in [4.69, 9.17) is 0 Å². The van der Waals surface area contributed by atoms with Gasteiger partial charge in [0.15, 0.2) is 0 Å². The first-order valence-electron chi connectivity index (χ1n) is 5.95. The van der Waals surface area contributed by atoms with Crippen LogP contribution in [0.2, 0.25) is 0 Å². The highest BCUT2D eigenvalue weighted by atomic mass is 79.9. The van der Waals surface area contributed by atoms with Crippen molar-refractivity contribution in [1.29, 1.82) is 0 Å². The van der Waals surface area contributed by atoms with Crippen LogP contribution in [0.15, 0.2) is 16.6 Å². The van der Waals surface area contributed by atoms with Crippen molar-refractivity contribution >= 4 is 27.3 Å². The van der Waals surface area contributed by atoms with Crippen molar-refractivity contribution in [1.82, 2.24) is 4.90 Å². The summed E-state index contributed by atoms with van der Waals surface area (Å²) in [5.74, 6) is -0.478. The summed E-state index contributed by atoms with van der Waals surface area (Å²) in [7, 11) is 3.95. The summed E-state index contributed by atoms with van der Waals surface area (Å²) in [6.45, 7) is 1.37. The molecule has 0 bridgehead atoms. The molecule has 104 valence electrons. The zero-order valence-electron chi connectivity index (χ0n) is 10.8. The Hall–Kier alpha value is -1.21. The third-order valence-electron chi connectivity index (χ3n) is 3.45. The van der Waals surface area contributed by atoms with Crippen molar-refractivity contribution in [2.75, 3.05) is 32.1 Å². The summed E-state index contributed by atoms with van der Waals surface area (Å²) in [6, 6.07) is 2.81. The van der Waals surface area contributed by atoms with Gasteiger partial charge in [0.25, 0.3) is 5.69 Å². The lowest BCUT2D eigenvalue weighted by Gasteiger charge is -2.21. The van der Waals surface area contributed by atoms with Gasteiger partial charge in [-0.15, -0.1) is 0 Å². The molecule has 0 saturated carbocycles. The van der Waals surface area contributed by atoms with Gasteiger partial charge in [-0.3, -0.25) is 10.1 Å². The number of nitro groups is 1. The maximum Gasteiger partial charge on any atom is 0.293 e. The van der Waals surface area contributed by atoms with Crippen molar-refractivity contribution in [3.63, 3.8) is 0 Å². The minimum atomic E-state index is -0.478. The molecule has 0 spiro atoms. The molecule has 1 fully saturated rings. The van der Waals surface area contributed by atoms with Crippen LogP contribution in [0.25, 0.3) is 0 Å². The normalized spacial score (nSPS) is 19.2. The first-order chi connectivity index (χ1) is 8.90. The average molecular weight is 332 g/mol. The summed E-state index contributed by atoms with van der Waals surface area (Å²) < 4.78 is 13.7. The number of nitrogens with zero attached hydrogens (tertiary/aromatic N) is 3. The molecule has 1 saturated heterocycles. The summed E-state index contributed by atoms with van der Waals surface area (Å²) in [4.78, 5) is 14.6. The molecular formula is C12H15BrFN3O2. The van der Waals surface area contributed by atoms with Gasteiger partial charge in [0, 0.05) is 31.3 Å². The van der Waals surface area contributed by atoms with E-state index in [1.165, 1.54) is 12.1 Å². The van der Waals surface area contributed by atoms with Crippen molar-refractivity contribution in [3.8, 4) is 0 Å². The molecule has 7 heteroatoms. The Kier molecular flexibility index (Phi) is 4.05. The topological polar surface area (TPSA) is 49.6 Å². The summed E-state index contributed by atoms with van der Waals surface area (Å²) >= 11 is 2.99. The predicted octanol–water partition coefficient (Wildman–Crippen LogP) is 2.64. The van der Waals surface area contributed by atoms with E-state index < -0.39 is 10.7 Å². The molecular weight excluding hydrogens is 317 g/mol. The van der Waals surface area contributed by atoms with E-state index in [1.807, 2.05) is 19.0 Å². The second-order valence-corrected chi connectivity index (χ2v) is 5.72. The Morgan fingerprint density at radius 3 is 2.74 bits per heavy atom. The van der Waals surface area contributed by atoms with E-state index in [1.54, 1.807) is 0 Å². The third-order valence-corrected chi connectivity index (χ3v) is 4.06. The number of hydrogen-bond donors (Lipinski definition) is 0. The molecule has 1 heterocycles. The van der Waals surface area contributed by atoms with Crippen molar-refractivity contribution in [3.05, 3.63) is 32.5 Å². The molecule has 19 heavy (non-hydrogen) atoms. The standard InChI is InChI=1S/C12H15BrFN3O2/c1-15(2)8-3-4-16(7-8)11-6-10(14)9(13)5-12(11)17(18)19/h5-6,8H,3-4,7H2,1-2H3. The molecule has 1 aliphatic heterocycles. The first kappa shape index (κ1) is 14.2. The largest absolute Gasteiger partial charge is 0.364 e. The van der Waals surface area contributed by atoms with Crippen LogP contribution in [0.3, 0.4) is 0 Å². The number of likely N-dealkylation sites (N-methyl/N-ethyl adjacent to an activating group) is 1. The minimum absolute atomic E-state index is 0.0623. The molecule has 2 rings (SSSR count). The lowest BCUT2D eigenvalue weighted by Crippen LogP contribution is -2.31. The lowest BCUT2D eigenvalue weighted by atomic mass is 10.2. The Balaban J connectivity index is 2.34. The van der Waals surface area contributed by atoms with Gasteiger partial charge in [0.2, 0.25) is 0 Å². The van der Waals surface area contributed by atoms with Gasteiger partial charge in [-0.25, -0.2) is 4.39 Å². The first-order valence-corrected chi connectivity index (χ1v) is 6.74. The molecule has 0 radical (unpaired) electrons. The highest BCUT2D eigenvalue weighted by molar-refractivity contribution is 9.10.